The molecule has 0 heterocycles. The average molecular weight is 313 g/mol. The summed E-state index contributed by atoms with van der Waals surface area (Å²) in [5.41, 5.74) is 0.0613. The predicted molar refractivity (Wildman–Crippen MR) is 71.3 cm³/mol. The second-order valence-corrected chi connectivity index (χ2v) is 6.67. The van der Waals surface area contributed by atoms with E-state index >= 15 is 0 Å². The van der Waals surface area contributed by atoms with E-state index in [9.17, 15) is 18.5 Å². The van der Waals surface area contributed by atoms with Gasteiger partial charge < -0.3 is 5.32 Å². The number of nitro groups is 1. The Morgan fingerprint density at radius 2 is 1.83 bits per heavy atom. The summed E-state index contributed by atoms with van der Waals surface area (Å²) in [5.74, 6) is -0.0867. The van der Waals surface area contributed by atoms with Crippen LogP contribution in [0.25, 0.3) is 0 Å². The van der Waals surface area contributed by atoms with Crippen molar-refractivity contribution in [3.63, 3.8) is 0 Å². The van der Waals surface area contributed by atoms with E-state index < -0.39 is 14.8 Å². The van der Waals surface area contributed by atoms with Crippen molar-refractivity contribution < 1.29 is 13.3 Å². The van der Waals surface area contributed by atoms with Gasteiger partial charge in [0.1, 0.15) is 9.84 Å². The quantitative estimate of drug-likeness (QED) is 0.666. The summed E-state index contributed by atoms with van der Waals surface area (Å²) in [4.78, 5) is 9.94. The molecule has 0 bridgehead atoms. The van der Waals surface area contributed by atoms with E-state index in [1.165, 1.54) is 0 Å². The van der Waals surface area contributed by atoms with Crippen LogP contribution in [0.15, 0.2) is 12.1 Å². The predicted octanol–water partition coefficient (Wildman–Crippen LogP) is 2.36. The maximum atomic E-state index is 10.9. The number of halogens is 2. The number of hydrogen-bond acceptors (Lipinski definition) is 5. The normalized spacial score (nSPS) is 11.3. The number of nitrogens with one attached hydrogen (secondary N) is 1. The van der Waals surface area contributed by atoms with Gasteiger partial charge in [-0.15, -0.1) is 0 Å². The van der Waals surface area contributed by atoms with Crippen LogP contribution in [0.4, 0.5) is 11.4 Å². The molecule has 0 amide bonds. The molecule has 1 aromatic carbocycles. The Hall–Kier alpha value is -1.05. The third kappa shape index (κ3) is 4.32. The van der Waals surface area contributed by atoms with Gasteiger partial charge in [0.05, 0.1) is 26.4 Å². The Morgan fingerprint density at radius 3 is 2.22 bits per heavy atom. The molecule has 0 aliphatic rings. The first kappa shape index (κ1) is 15.0. The van der Waals surface area contributed by atoms with Gasteiger partial charge in [-0.3, -0.25) is 10.1 Å². The third-order valence-corrected chi connectivity index (χ3v) is 3.55. The molecule has 100 valence electrons. The summed E-state index contributed by atoms with van der Waals surface area (Å²) >= 11 is 11.7. The summed E-state index contributed by atoms with van der Waals surface area (Å²) < 4.78 is 21.9. The molecule has 18 heavy (non-hydrogen) atoms. The van der Waals surface area contributed by atoms with Gasteiger partial charge in [0.2, 0.25) is 0 Å². The molecule has 0 aliphatic heterocycles. The molecule has 0 aliphatic carbocycles. The van der Waals surface area contributed by atoms with Crippen molar-refractivity contribution in [3.05, 3.63) is 32.3 Å². The van der Waals surface area contributed by atoms with Gasteiger partial charge in [0.25, 0.3) is 5.69 Å². The van der Waals surface area contributed by atoms with Crippen LogP contribution in [-0.2, 0) is 9.84 Å². The molecular weight excluding hydrogens is 303 g/mol. The number of benzene rings is 1. The zero-order chi connectivity index (χ0) is 13.9. The van der Waals surface area contributed by atoms with Crippen molar-refractivity contribution in [1.82, 2.24) is 0 Å². The fourth-order valence-electron chi connectivity index (χ4n) is 1.20. The van der Waals surface area contributed by atoms with E-state index in [-0.39, 0.29) is 33.7 Å². The van der Waals surface area contributed by atoms with Gasteiger partial charge in [-0.25, -0.2) is 8.42 Å². The highest BCUT2D eigenvalue weighted by molar-refractivity contribution is 7.90. The van der Waals surface area contributed by atoms with E-state index in [0.717, 1.165) is 18.4 Å². The zero-order valence-corrected chi connectivity index (χ0v) is 11.6. The van der Waals surface area contributed by atoms with Gasteiger partial charge in [-0.2, -0.15) is 0 Å². The number of nitro benzene ring substituents is 1. The molecule has 0 aromatic heterocycles. The van der Waals surface area contributed by atoms with Crippen molar-refractivity contribution in [1.29, 1.82) is 0 Å². The number of anilines is 1. The molecule has 0 saturated heterocycles. The molecule has 6 nitrogen and oxygen atoms in total. The molecule has 0 atom stereocenters. The SMILES string of the molecule is CS(=O)(=O)CCNc1c(Cl)cc([N+](=O)[O-])cc1Cl. The Labute approximate surface area is 114 Å². The van der Waals surface area contributed by atoms with E-state index in [1.807, 2.05) is 0 Å². The molecule has 0 saturated carbocycles. The lowest BCUT2D eigenvalue weighted by Gasteiger charge is -2.09. The van der Waals surface area contributed by atoms with Crippen LogP contribution < -0.4 is 5.32 Å². The molecule has 1 aromatic rings. The molecule has 0 radical (unpaired) electrons. The highest BCUT2D eigenvalue weighted by Crippen LogP contribution is 2.34. The Balaban J connectivity index is 2.87. The lowest BCUT2D eigenvalue weighted by molar-refractivity contribution is -0.384. The standard InChI is InChI=1S/C9H10Cl2N2O4S/c1-18(16,17)3-2-12-9-7(10)4-6(13(14)15)5-8(9)11/h4-5,12H,2-3H2,1H3. The van der Waals surface area contributed by atoms with E-state index in [2.05, 4.69) is 5.32 Å². The minimum absolute atomic E-state index is 0.0719. The van der Waals surface area contributed by atoms with Gasteiger partial charge in [-0.05, 0) is 0 Å². The lowest BCUT2D eigenvalue weighted by atomic mass is 10.3. The van der Waals surface area contributed by atoms with Crippen molar-refractivity contribution in [2.45, 2.75) is 0 Å². The van der Waals surface area contributed by atoms with Gasteiger partial charge in [0, 0.05) is 24.9 Å². The average Bonchev–Trinajstić information content (AvgIpc) is 2.20. The van der Waals surface area contributed by atoms with E-state index in [1.54, 1.807) is 0 Å². The molecule has 0 spiro atoms. The highest BCUT2D eigenvalue weighted by atomic mass is 35.5. The van der Waals surface area contributed by atoms with Gasteiger partial charge in [0.15, 0.2) is 0 Å². The van der Waals surface area contributed by atoms with Crippen LogP contribution in [0.1, 0.15) is 0 Å². The number of non-ortho nitro benzene ring substituents is 1. The fourth-order valence-corrected chi connectivity index (χ4v) is 2.28. The number of rotatable bonds is 5. The maximum absolute atomic E-state index is 10.9. The van der Waals surface area contributed by atoms with E-state index in [4.69, 9.17) is 23.2 Å². The summed E-state index contributed by atoms with van der Waals surface area (Å²) in [6, 6.07) is 2.30. The Kier molecular flexibility index (Phi) is 4.78. The first-order valence-electron chi connectivity index (χ1n) is 4.76. The molecule has 9 heteroatoms. The largest absolute Gasteiger partial charge is 0.382 e. The maximum Gasteiger partial charge on any atom is 0.272 e. The monoisotopic (exact) mass is 312 g/mol. The van der Waals surface area contributed by atoms with Crippen LogP contribution in [0.3, 0.4) is 0 Å². The smallest absolute Gasteiger partial charge is 0.272 e. The van der Waals surface area contributed by atoms with Crippen molar-refractivity contribution in [2.75, 3.05) is 23.9 Å². The molecule has 1 N–H and O–H groups in total. The molecule has 1 rings (SSSR count). The molecule has 0 fully saturated rings. The van der Waals surface area contributed by atoms with Crippen molar-refractivity contribution in [2.24, 2.45) is 0 Å². The summed E-state index contributed by atoms with van der Waals surface area (Å²) in [6.07, 6.45) is 1.10. The minimum atomic E-state index is -3.10. The molecular formula is C9H10Cl2N2O4S. The second kappa shape index (κ2) is 5.73. The van der Waals surface area contributed by atoms with Gasteiger partial charge >= 0.3 is 0 Å². The third-order valence-electron chi connectivity index (χ3n) is 2.01. The minimum Gasteiger partial charge on any atom is -0.382 e. The Bertz CT molecular complexity index is 551. The summed E-state index contributed by atoms with van der Waals surface area (Å²) in [7, 11) is -3.10. The van der Waals surface area contributed by atoms with Crippen molar-refractivity contribution in [3.8, 4) is 0 Å². The molecule has 0 unspecified atom stereocenters. The summed E-state index contributed by atoms with van der Waals surface area (Å²) in [6.45, 7) is 0.121. The van der Waals surface area contributed by atoms with Crippen LogP contribution in [0.2, 0.25) is 10.0 Å². The number of hydrogen-bond donors (Lipinski definition) is 1. The van der Waals surface area contributed by atoms with Crippen LogP contribution in [-0.4, -0.2) is 31.9 Å². The topological polar surface area (TPSA) is 89.3 Å². The van der Waals surface area contributed by atoms with Gasteiger partial charge in [-0.1, -0.05) is 23.2 Å². The lowest BCUT2D eigenvalue weighted by Crippen LogP contribution is -2.14. The van der Waals surface area contributed by atoms with Crippen LogP contribution in [0.5, 0.6) is 0 Å². The number of nitrogens with zero attached hydrogens (tertiary/aromatic N) is 1. The summed E-state index contributed by atoms with van der Waals surface area (Å²) in [5, 5.41) is 13.4. The number of sulfone groups is 1. The fraction of sp³-hybridized carbons (Fsp3) is 0.333. The zero-order valence-electron chi connectivity index (χ0n) is 9.31. The van der Waals surface area contributed by atoms with Crippen LogP contribution >= 0.6 is 23.2 Å². The van der Waals surface area contributed by atoms with Crippen molar-refractivity contribution >= 4 is 44.4 Å². The first-order valence-corrected chi connectivity index (χ1v) is 7.57. The first-order chi connectivity index (χ1) is 8.20. The second-order valence-electron chi connectivity index (χ2n) is 3.60. The van der Waals surface area contributed by atoms with Crippen LogP contribution in [0, 0.1) is 10.1 Å². The highest BCUT2D eigenvalue weighted by Gasteiger charge is 2.14. The Morgan fingerprint density at radius 1 is 1.33 bits per heavy atom. The van der Waals surface area contributed by atoms with E-state index in [0.29, 0.717) is 0 Å².